The molecule has 0 spiro atoms. The lowest BCUT2D eigenvalue weighted by Gasteiger charge is -2.57. The molecule has 0 atom stereocenters. The molecule has 0 heterocycles. The summed E-state index contributed by atoms with van der Waals surface area (Å²) in [6.07, 6.45) is 8.22. The number of hydrogen-bond acceptors (Lipinski definition) is 1. The first kappa shape index (κ1) is 13.1. The normalized spacial score (nSPS) is 38.4. The predicted octanol–water partition coefficient (Wildman–Crippen LogP) is 4.54. The van der Waals surface area contributed by atoms with Crippen LogP contribution in [0, 0.1) is 23.6 Å². The van der Waals surface area contributed by atoms with Crippen LogP contribution in [0.5, 0.6) is 0 Å². The third kappa shape index (κ3) is 2.27. The summed E-state index contributed by atoms with van der Waals surface area (Å²) in [5.74, 6) is 2.58. The Balaban J connectivity index is 1.49. The molecule has 0 unspecified atom stereocenters. The molecule has 4 aliphatic rings. The highest BCUT2D eigenvalue weighted by Crippen LogP contribution is 2.55. The predicted molar refractivity (Wildman–Crippen MR) is 79.2 cm³/mol. The van der Waals surface area contributed by atoms with Gasteiger partial charge in [-0.25, -0.2) is 4.39 Å². The number of hydrogen-bond donors (Lipinski definition) is 1. The molecule has 0 amide bonds. The minimum Gasteiger partial charge on any atom is -0.307 e. The summed E-state index contributed by atoms with van der Waals surface area (Å²) in [5, 5.41) is 4.19. The molecule has 1 nitrogen and oxygen atoms in total. The van der Waals surface area contributed by atoms with Crippen molar-refractivity contribution in [1.82, 2.24) is 5.32 Å². The van der Waals surface area contributed by atoms with Crippen LogP contribution in [0.2, 0.25) is 5.02 Å². The molecule has 4 aliphatic carbocycles. The van der Waals surface area contributed by atoms with E-state index in [2.05, 4.69) is 5.32 Å². The fourth-order valence-corrected chi connectivity index (χ4v) is 5.43. The summed E-state index contributed by atoms with van der Waals surface area (Å²) in [7, 11) is 0. The fraction of sp³-hybridized carbons (Fsp3) is 0.647. The van der Waals surface area contributed by atoms with Gasteiger partial charge in [0.05, 0.1) is 0 Å². The Bertz CT molecular complexity index is 492. The molecule has 4 bridgehead atoms. The average Bonchev–Trinajstić information content (AvgIpc) is 2.36. The van der Waals surface area contributed by atoms with E-state index in [1.807, 2.05) is 6.07 Å². The highest BCUT2D eigenvalue weighted by molar-refractivity contribution is 6.30. The van der Waals surface area contributed by atoms with Crippen molar-refractivity contribution < 1.29 is 4.39 Å². The van der Waals surface area contributed by atoms with Gasteiger partial charge in [-0.2, -0.15) is 0 Å². The van der Waals surface area contributed by atoms with Gasteiger partial charge >= 0.3 is 0 Å². The molecule has 3 heteroatoms. The van der Waals surface area contributed by atoms with Gasteiger partial charge in [-0.15, -0.1) is 0 Å². The molecule has 0 aromatic heterocycles. The Labute approximate surface area is 124 Å². The summed E-state index contributed by atoms with van der Waals surface area (Å²) in [6.45, 7) is 0.634. The Hall–Kier alpha value is -0.600. The molecule has 1 aromatic carbocycles. The van der Waals surface area contributed by atoms with Crippen molar-refractivity contribution in [1.29, 1.82) is 0 Å². The molecular formula is C17H21ClFN. The molecule has 1 aromatic rings. The van der Waals surface area contributed by atoms with Crippen LogP contribution in [0.15, 0.2) is 18.2 Å². The van der Waals surface area contributed by atoms with Gasteiger partial charge in [0.2, 0.25) is 0 Å². The Morgan fingerprint density at radius 2 is 1.70 bits per heavy atom. The lowest BCUT2D eigenvalue weighted by Crippen LogP contribution is -2.58. The quantitative estimate of drug-likeness (QED) is 0.863. The zero-order chi connectivity index (χ0) is 13.7. The van der Waals surface area contributed by atoms with E-state index in [1.54, 1.807) is 6.07 Å². The van der Waals surface area contributed by atoms with Crippen molar-refractivity contribution in [2.75, 3.05) is 0 Å². The topological polar surface area (TPSA) is 12.0 Å². The minimum atomic E-state index is -0.185. The zero-order valence-electron chi connectivity index (χ0n) is 11.7. The first-order valence-electron chi connectivity index (χ1n) is 7.81. The van der Waals surface area contributed by atoms with Crippen LogP contribution in [-0.4, -0.2) is 5.54 Å². The fourth-order valence-electron chi connectivity index (χ4n) is 5.27. The summed E-state index contributed by atoms with van der Waals surface area (Å²) >= 11 is 5.81. The average molecular weight is 294 g/mol. The van der Waals surface area contributed by atoms with E-state index in [9.17, 15) is 4.39 Å². The van der Waals surface area contributed by atoms with E-state index < -0.39 is 0 Å². The minimum absolute atomic E-state index is 0.185. The van der Waals surface area contributed by atoms with Crippen molar-refractivity contribution in [3.63, 3.8) is 0 Å². The molecule has 1 N–H and O–H groups in total. The summed E-state index contributed by atoms with van der Waals surface area (Å²) in [6, 6.07) is 5.00. The maximum Gasteiger partial charge on any atom is 0.129 e. The molecule has 0 radical (unpaired) electrons. The Morgan fingerprint density at radius 3 is 2.25 bits per heavy atom. The Kier molecular flexibility index (Phi) is 3.08. The molecular weight excluding hydrogens is 273 g/mol. The van der Waals surface area contributed by atoms with E-state index >= 15 is 0 Å². The lowest BCUT2D eigenvalue weighted by molar-refractivity contribution is -0.0207. The first-order chi connectivity index (χ1) is 9.62. The van der Waals surface area contributed by atoms with Gasteiger partial charge in [-0.05, 0) is 68.4 Å². The van der Waals surface area contributed by atoms with Gasteiger partial charge < -0.3 is 5.32 Å². The largest absolute Gasteiger partial charge is 0.307 e. The van der Waals surface area contributed by atoms with Crippen LogP contribution in [0.3, 0.4) is 0 Å². The van der Waals surface area contributed by atoms with E-state index in [1.165, 1.54) is 44.6 Å². The van der Waals surface area contributed by atoms with Crippen LogP contribution in [0.1, 0.15) is 44.1 Å². The van der Waals surface area contributed by atoms with Crippen molar-refractivity contribution in [2.45, 2.75) is 50.6 Å². The van der Waals surface area contributed by atoms with E-state index in [0.717, 1.165) is 23.3 Å². The zero-order valence-corrected chi connectivity index (χ0v) is 12.4. The van der Waals surface area contributed by atoms with Crippen molar-refractivity contribution in [3.8, 4) is 0 Å². The monoisotopic (exact) mass is 293 g/mol. The number of benzene rings is 1. The second-order valence-corrected chi connectivity index (χ2v) is 7.72. The van der Waals surface area contributed by atoms with E-state index in [4.69, 9.17) is 11.6 Å². The SMILES string of the molecule is Fc1cc(Cl)ccc1CNC12CC3CC(CC(C3)C1)C2. The highest BCUT2D eigenvalue weighted by atomic mass is 35.5. The molecule has 108 valence electrons. The van der Waals surface area contributed by atoms with Gasteiger partial charge in [0.1, 0.15) is 5.82 Å². The third-order valence-corrected chi connectivity index (χ3v) is 5.94. The summed E-state index contributed by atoms with van der Waals surface area (Å²) < 4.78 is 13.9. The van der Waals surface area contributed by atoms with Crippen molar-refractivity contribution in [2.24, 2.45) is 17.8 Å². The molecule has 4 fully saturated rings. The van der Waals surface area contributed by atoms with Gasteiger partial charge in [0.15, 0.2) is 0 Å². The first-order valence-corrected chi connectivity index (χ1v) is 8.19. The molecule has 5 rings (SSSR count). The van der Waals surface area contributed by atoms with Crippen molar-refractivity contribution in [3.05, 3.63) is 34.6 Å². The maximum absolute atomic E-state index is 13.9. The van der Waals surface area contributed by atoms with Gasteiger partial charge in [-0.1, -0.05) is 17.7 Å². The van der Waals surface area contributed by atoms with Gasteiger partial charge in [-0.3, -0.25) is 0 Å². The van der Waals surface area contributed by atoms with Crippen molar-refractivity contribution >= 4 is 11.6 Å². The van der Waals surface area contributed by atoms with E-state index in [0.29, 0.717) is 17.1 Å². The summed E-state index contributed by atoms with van der Waals surface area (Å²) in [4.78, 5) is 0. The van der Waals surface area contributed by atoms with Crippen LogP contribution >= 0.6 is 11.6 Å². The second-order valence-electron chi connectivity index (χ2n) is 7.29. The number of halogens is 2. The second kappa shape index (κ2) is 4.71. The van der Waals surface area contributed by atoms with Crippen LogP contribution in [-0.2, 0) is 6.54 Å². The lowest BCUT2D eigenvalue weighted by atomic mass is 9.53. The summed E-state index contributed by atoms with van der Waals surface area (Å²) in [5.41, 5.74) is 1.03. The number of rotatable bonds is 3. The molecule has 20 heavy (non-hydrogen) atoms. The highest BCUT2D eigenvalue weighted by Gasteiger charge is 2.50. The number of nitrogens with one attached hydrogen (secondary N) is 1. The molecule has 0 saturated heterocycles. The maximum atomic E-state index is 13.9. The van der Waals surface area contributed by atoms with E-state index in [-0.39, 0.29) is 5.82 Å². The third-order valence-electron chi connectivity index (χ3n) is 5.71. The van der Waals surface area contributed by atoms with Crippen LogP contribution in [0.4, 0.5) is 4.39 Å². The smallest absolute Gasteiger partial charge is 0.129 e. The molecule has 0 aliphatic heterocycles. The van der Waals surface area contributed by atoms with Gasteiger partial charge in [0.25, 0.3) is 0 Å². The van der Waals surface area contributed by atoms with Gasteiger partial charge in [0, 0.05) is 22.7 Å². The molecule has 4 saturated carbocycles. The Morgan fingerprint density at radius 1 is 1.10 bits per heavy atom. The standard InChI is InChI=1S/C17H21ClFN/c18-15-2-1-14(16(19)6-15)10-20-17-7-11-3-12(8-17)5-13(4-11)9-17/h1-2,6,11-13,20H,3-5,7-10H2. The van der Waals surface area contributed by atoms with Crippen LogP contribution in [0.25, 0.3) is 0 Å². The van der Waals surface area contributed by atoms with Crippen LogP contribution < -0.4 is 5.32 Å².